The Morgan fingerprint density at radius 1 is 0.451 bits per heavy atom. The molecule has 0 atom stereocenters. The molecule has 0 aliphatic heterocycles. The first-order valence-corrected chi connectivity index (χ1v) is 17.2. The molecular formula is C47H31N3O. The van der Waals surface area contributed by atoms with Crippen LogP contribution in [-0.4, -0.2) is 9.55 Å². The van der Waals surface area contributed by atoms with Crippen molar-refractivity contribution < 1.29 is 4.42 Å². The maximum atomic E-state index is 6.54. The molecule has 0 fully saturated rings. The number of furan rings is 1. The molecule has 0 unspecified atom stereocenters. The van der Waals surface area contributed by atoms with Crippen LogP contribution >= 0.6 is 0 Å². The number of rotatable bonds is 6. The summed E-state index contributed by atoms with van der Waals surface area (Å²) in [6, 6.07) is 64.4. The molecule has 0 N–H and O–H groups in total. The van der Waals surface area contributed by atoms with Gasteiger partial charge in [0.1, 0.15) is 5.52 Å². The van der Waals surface area contributed by atoms with Crippen LogP contribution in [0.1, 0.15) is 0 Å². The van der Waals surface area contributed by atoms with Gasteiger partial charge in [-0.2, -0.15) is 0 Å². The van der Waals surface area contributed by atoms with Gasteiger partial charge >= 0.3 is 0 Å². The summed E-state index contributed by atoms with van der Waals surface area (Å²) < 4.78 is 8.91. The van der Waals surface area contributed by atoms with Crippen molar-refractivity contribution in [1.29, 1.82) is 0 Å². The lowest BCUT2D eigenvalue weighted by molar-refractivity contribution is 0.668. The smallest absolute Gasteiger partial charge is 0.161 e. The fourth-order valence-electron chi connectivity index (χ4n) is 7.49. The number of hydrogen-bond acceptors (Lipinski definition) is 3. The Hall–Kier alpha value is -6.91. The van der Waals surface area contributed by atoms with E-state index in [1.165, 1.54) is 32.9 Å². The van der Waals surface area contributed by atoms with Crippen LogP contribution in [0.15, 0.2) is 193 Å². The van der Waals surface area contributed by atoms with Crippen LogP contribution in [0.5, 0.6) is 0 Å². The Balaban J connectivity index is 1.13. The Labute approximate surface area is 295 Å². The third-order valence-electron chi connectivity index (χ3n) is 9.83. The van der Waals surface area contributed by atoms with Crippen molar-refractivity contribution in [3.05, 3.63) is 188 Å². The average Bonchev–Trinajstić information content (AvgIpc) is 3.75. The zero-order chi connectivity index (χ0) is 33.7. The van der Waals surface area contributed by atoms with E-state index in [1.807, 2.05) is 24.4 Å². The van der Waals surface area contributed by atoms with Gasteiger partial charge in [0.05, 0.1) is 16.7 Å². The van der Waals surface area contributed by atoms with Crippen LogP contribution in [0.25, 0.3) is 71.8 Å². The summed E-state index contributed by atoms with van der Waals surface area (Å²) in [5.41, 5.74) is 13.6. The van der Waals surface area contributed by atoms with Crippen molar-refractivity contribution >= 4 is 60.9 Å². The minimum Gasteiger partial charge on any atom is -0.452 e. The summed E-state index contributed by atoms with van der Waals surface area (Å²) in [6.07, 6.45) is 1.82. The predicted molar refractivity (Wildman–Crippen MR) is 211 cm³/mol. The van der Waals surface area contributed by atoms with E-state index in [0.717, 1.165) is 55.9 Å². The normalized spacial score (nSPS) is 11.5. The Kier molecular flexibility index (Phi) is 6.78. The molecule has 7 aromatic carbocycles. The summed E-state index contributed by atoms with van der Waals surface area (Å²) in [7, 11) is 0. The van der Waals surface area contributed by atoms with Crippen LogP contribution < -0.4 is 4.90 Å². The van der Waals surface area contributed by atoms with Crippen molar-refractivity contribution in [2.45, 2.75) is 0 Å². The van der Waals surface area contributed by atoms with Crippen LogP contribution in [0.3, 0.4) is 0 Å². The van der Waals surface area contributed by atoms with E-state index in [2.05, 4.69) is 178 Å². The van der Waals surface area contributed by atoms with Crippen LogP contribution in [-0.2, 0) is 0 Å². The molecule has 0 bridgehead atoms. The molecule has 10 aromatic rings. The number of pyridine rings is 1. The molecule has 10 rings (SSSR count). The van der Waals surface area contributed by atoms with Crippen LogP contribution in [0, 0.1) is 0 Å². The van der Waals surface area contributed by atoms with Gasteiger partial charge in [0, 0.05) is 39.4 Å². The molecule has 3 heterocycles. The molecule has 0 saturated heterocycles. The predicted octanol–water partition coefficient (Wildman–Crippen LogP) is 12.9. The number of para-hydroxylation sites is 3. The Bertz CT molecular complexity index is 2810. The van der Waals surface area contributed by atoms with Gasteiger partial charge in [-0.1, -0.05) is 109 Å². The molecular weight excluding hydrogens is 623 g/mol. The third-order valence-corrected chi connectivity index (χ3v) is 9.83. The fourth-order valence-corrected chi connectivity index (χ4v) is 7.49. The first-order chi connectivity index (χ1) is 25.3. The van der Waals surface area contributed by atoms with Gasteiger partial charge < -0.3 is 13.9 Å². The second-order valence-electron chi connectivity index (χ2n) is 12.8. The molecule has 0 radical (unpaired) electrons. The number of hydrogen-bond donors (Lipinski definition) is 0. The summed E-state index contributed by atoms with van der Waals surface area (Å²) in [5.74, 6) is 0. The zero-order valence-corrected chi connectivity index (χ0v) is 27.6. The number of nitrogens with zero attached hydrogens (tertiary/aromatic N) is 3. The topological polar surface area (TPSA) is 34.2 Å². The lowest BCUT2D eigenvalue weighted by atomic mass is 10.0. The van der Waals surface area contributed by atoms with Crippen molar-refractivity contribution in [2.24, 2.45) is 0 Å². The minimum absolute atomic E-state index is 0.773. The molecule has 3 aromatic heterocycles. The number of anilines is 3. The quantitative estimate of drug-likeness (QED) is 0.179. The first kappa shape index (κ1) is 29.0. The van der Waals surface area contributed by atoms with E-state index in [9.17, 15) is 0 Å². The first-order valence-electron chi connectivity index (χ1n) is 17.2. The van der Waals surface area contributed by atoms with Gasteiger partial charge in [0.15, 0.2) is 11.2 Å². The highest BCUT2D eigenvalue weighted by molar-refractivity contribution is 6.10. The van der Waals surface area contributed by atoms with Crippen molar-refractivity contribution in [2.75, 3.05) is 4.90 Å². The van der Waals surface area contributed by atoms with E-state index < -0.39 is 0 Å². The second-order valence-corrected chi connectivity index (χ2v) is 12.8. The van der Waals surface area contributed by atoms with Gasteiger partial charge in [-0.3, -0.25) is 4.98 Å². The van der Waals surface area contributed by atoms with Crippen LogP contribution in [0.2, 0.25) is 0 Å². The molecule has 0 aliphatic carbocycles. The summed E-state index contributed by atoms with van der Waals surface area (Å²) in [6.45, 7) is 0. The summed E-state index contributed by atoms with van der Waals surface area (Å²) >= 11 is 0. The van der Waals surface area contributed by atoms with E-state index in [4.69, 9.17) is 4.42 Å². The van der Waals surface area contributed by atoms with Crippen molar-refractivity contribution in [1.82, 2.24) is 9.55 Å². The van der Waals surface area contributed by atoms with Crippen LogP contribution in [0.4, 0.5) is 17.1 Å². The van der Waals surface area contributed by atoms with Gasteiger partial charge in [0.25, 0.3) is 0 Å². The van der Waals surface area contributed by atoms with Gasteiger partial charge in [-0.25, -0.2) is 0 Å². The maximum absolute atomic E-state index is 6.54. The second kappa shape index (κ2) is 11.9. The molecule has 0 aliphatic rings. The third kappa shape index (κ3) is 4.88. The van der Waals surface area contributed by atoms with Gasteiger partial charge in [-0.05, 0) is 95.1 Å². The lowest BCUT2D eigenvalue weighted by Crippen LogP contribution is -2.10. The average molecular weight is 654 g/mol. The minimum atomic E-state index is 0.773. The van der Waals surface area contributed by atoms with Crippen molar-refractivity contribution in [3.63, 3.8) is 0 Å². The molecule has 4 heteroatoms. The van der Waals surface area contributed by atoms with Gasteiger partial charge in [0.2, 0.25) is 0 Å². The molecule has 240 valence electrons. The van der Waals surface area contributed by atoms with E-state index >= 15 is 0 Å². The van der Waals surface area contributed by atoms with E-state index in [0.29, 0.717) is 0 Å². The Morgan fingerprint density at radius 3 is 1.86 bits per heavy atom. The molecule has 51 heavy (non-hydrogen) atoms. The number of aromatic nitrogens is 2. The number of fused-ring (bicyclic) bond motifs is 6. The summed E-state index contributed by atoms with van der Waals surface area (Å²) in [4.78, 5) is 6.96. The lowest BCUT2D eigenvalue weighted by Gasteiger charge is -2.26. The van der Waals surface area contributed by atoms with Gasteiger partial charge in [-0.15, -0.1) is 0 Å². The highest BCUT2D eigenvalue weighted by Crippen LogP contribution is 2.43. The monoisotopic (exact) mass is 653 g/mol. The highest BCUT2D eigenvalue weighted by Gasteiger charge is 2.20. The van der Waals surface area contributed by atoms with E-state index in [1.54, 1.807) is 0 Å². The standard InChI is InChI=1S/C47H31N3O/c1-2-12-32(13-3-1)33-25-27-36(28-26-33)49(44-23-10-20-41-46-45(51-47(41)44)24-11-29-48-46)37-16-8-14-34(30-37)35-15-9-17-38(31-35)50-42-21-6-4-18-39(42)40-19-5-7-22-43(40)50/h1-31H. The molecule has 4 nitrogen and oxygen atoms in total. The molecule has 0 amide bonds. The molecule has 0 spiro atoms. The number of benzene rings is 7. The SMILES string of the molecule is c1ccc(-c2ccc(N(c3cccc(-c4cccc(-n5c6ccccc6c6ccccc65)c4)c3)c3cccc4c3oc3cccnc34)cc2)cc1. The highest BCUT2D eigenvalue weighted by atomic mass is 16.3. The zero-order valence-electron chi connectivity index (χ0n) is 27.6. The Morgan fingerprint density at radius 2 is 1.08 bits per heavy atom. The largest absolute Gasteiger partial charge is 0.452 e. The molecule has 0 saturated carbocycles. The maximum Gasteiger partial charge on any atom is 0.161 e. The van der Waals surface area contributed by atoms with Crippen molar-refractivity contribution in [3.8, 4) is 27.9 Å². The fraction of sp³-hybridized carbons (Fsp3) is 0. The summed E-state index contributed by atoms with van der Waals surface area (Å²) in [5, 5.41) is 3.50. The van der Waals surface area contributed by atoms with E-state index in [-0.39, 0.29) is 0 Å².